The molecule has 0 saturated carbocycles. The SMILES string of the molecule is COC(=O)C1=C(C)N=c2sc(=Cc3ccc(OC(C)=O)c(OC)c3)c(=O)n2[C@H]1c1ccccc1. The molecule has 0 spiro atoms. The molecule has 0 amide bonds. The number of hydrogen-bond acceptors (Lipinski definition) is 8. The predicted octanol–water partition coefficient (Wildman–Crippen LogP) is 2.34. The van der Waals surface area contributed by atoms with Gasteiger partial charge in [-0.05, 0) is 36.3 Å². The number of aromatic nitrogens is 1. The number of carbonyl (C=O) groups excluding carboxylic acids is 2. The molecule has 1 atom stereocenters. The Balaban J connectivity index is 1.89. The van der Waals surface area contributed by atoms with Gasteiger partial charge in [0.1, 0.15) is 0 Å². The zero-order chi connectivity index (χ0) is 24.4. The summed E-state index contributed by atoms with van der Waals surface area (Å²) in [6.45, 7) is 3.04. The first-order chi connectivity index (χ1) is 16.3. The minimum Gasteiger partial charge on any atom is -0.493 e. The maximum Gasteiger partial charge on any atom is 0.338 e. The zero-order valence-electron chi connectivity index (χ0n) is 19.0. The summed E-state index contributed by atoms with van der Waals surface area (Å²) >= 11 is 1.22. The summed E-state index contributed by atoms with van der Waals surface area (Å²) in [5, 5.41) is 0. The maximum absolute atomic E-state index is 13.5. The highest BCUT2D eigenvalue weighted by Crippen LogP contribution is 2.31. The van der Waals surface area contributed by atoms with Crippen molar-refractivity contribution in [2.45, 2.75) is 19.9 Å². The lowest BCUT2D eigenvalue weighted by Crippen LogP contribution is -2.39. The van der Waals surface area contributed by atoms with Crippen LogP contribution in [-0.4, -0.2) is 30.7 Å². The van der Waals surface area contributed by atoms with Gasteiger partial charge in [0.15, 0.2) is 16.3 Å². The Bertz CT molecular complexity index is 1480. The van der Waals surface area contributed by atoms with Gasteiger partial charge in [0.25, 0.3) is 5.56 Å². The van der Waals surface area contributed by atoms with E-state index in [1.54, 1.807) is 31.2 Å². The maximum atomic E-state index is 13.5. The van der Waals surface area contributed by atoms with Crippen LogP contribution in [0, 0.1) is 0 Å². The normalized spacial score (nSPS) is 15.4. The van der Waals surface area contributed by atoms with E-state index in [9.17, 15) is 14.4 Å². The number of benzene rings is 2. The van der Waals surface area contributed by atoms with Crippen molar-refractivity contribution in [2.24, 2.45) is 4.99 Å². The Hall–Kier alpha value is -3.98. The molecule has 3 aromatic rings. The van der Waals surface area contributed by atoms with Crippen LogP contribution in [0.3, 0.4) is 0 Å². The van der Waals surface area contributed by atoms with E-state index in [0.29, 0.717) is 31.9 Å². The van der Waals surface area contributed by atoms with Crippen LogP contribution in [0.4, 0.5) is 0 Å². The lowest BCUT2D eigenvalue weighted by Gasteiger charge is -2.24. The Morgan fingerprint density at radius 2 is 1.82 bits per heavy atom. The van der Waals surface area contributed by atoms with Crippen LogP contribution in [0.5, 0.6) is 11.5 Å². The standard InChI is InChI=1S/C25H22N2O6S/c1-14-21(24(30)32-4)22(17-8-6-5-7-9-17)27-23(29)20(34-25(27)26-14)13-16-10-11-18(33-15(2)28)19(12-16)31-3/h5-13,22H,1-4H3/t22-/m0/s1. The van der Waals surface area contributed by atoms with Gasteiger partial charge >= 0.3 is 11.9 Å². The first-order valence-corrected chi connectivity index (χ1v) is 11.2. The fraction of sp³-hybridized carbons (Fsp3) is 0.200. The summed E-state index contributed by atoms with van der Waals surface area (Å²) in [7, 11) is 2.78. The molecular formula is C25H22N2O6S. The highest BCUT2D eigenvalue weighted by atomic mass is 32.1. The third kappa shape index (κ3) is 4.29. The molecule has 1 aromatic heterocycles. The van der Waals surface area contributed by atoms with E-state index >= 15 is 0 Å². The largest absolute Gasteiger partial charge is 0.493 e. The summed E-state index contributed by atoms with van der Waals surface area (Å²) in [5.74, 6) is -0.342. The molecule has 2 heterocycles. The van der Waals surface area contributed by atoms with E-state index in [2.05, 4.69) is 4.99 Å². The van der Waals surface area contributed by atoms with Gasteiger partial charge in [0.05, 0.1) is 36.1 Å². The molecule has 8 nitrogen and oxygen atoms in total. The number of allylic oxidation sites excluding steroid dienone is 1. The van der Waals surface area contributed by atoms with Crippen LogP contribution < -0.4 is 24.4 Å². The van der Waals surface area contributed by atoms with Gasteiger partial charge in [-0.3, -0.25) is 14.2 Å². The molecule has 0 N–H and O–H groups in total. The number of ether oxygens (including phenoxy) is 3. The van der Waals surface area contributed by atoms with Gasteiger partial charge in [0.2, 0.25) is 0 Å². The first-order valence-electron chi connectivity index (χ1n) is 10.4. The van der Waals surface area contributed by atoms with E-state index in [0.717, 1.165) is 5.56 Å². The average molecular weight is 479 g/mol. The molecule has 0 unspecified atom stereocenters. The number of nitrogens with zero attached hydrogens (tertiary/aromatic N) is 2. The molecule has 9 heteroatoms. The number of hydrogen-bond donors (Lipinski definition) is 0. The number of carbonyl (C=O) groups is 2. The molecule has 0 bridgehead atoms. The van der Waals surface area contributed by atoms with Crippen molar-refractivity contribution in [1.29, 1.82) is 0 Å². The van der Waals surface area contributed by atoms with Gasteiger partial charge in [-0.25, -0.2) is 9.79 Å². The van der Waals surface area contributed by atoms with Crippen LogP contribution in [0.25, 0.3) is 6.08 Å². The summed E-state index contributed by atoms with van der Waals surface area (Å²) in [5.41, 5.74) is 1.99. The number of thiazole rings is 1. The van der Waals surface area contributed by atoms with Gasteiger partial charge in [-0.15, -0.1) is 0 Å². The van der Waals surface area contributed by atoms with Crippen LogP contribution >= 0.6 is 11.3 Å². The predicted molar refractivity (Wildman–Crippen MR) is 127 cm³/mol. The summed E-state index contributed by atoms with van der Waals surface area (Å²) in [6, 6.07) is 13.6. The number of methoxy groups -OCH3 is 2. The van der Waals surface area contributed by atoms with Gasteiger partial charge in [-0.1, -0.05) is 47.7 Å². The molecule has 174 valence electrons. The second-order valence-corrected chi connectivity index (χ2v) is 8.50. The van der Waals surface area contributed by atoms with Crippen molar-refractivity contribution < 1.29 is 23.8 Å². The van der Waals surface area contributed by atoms with Crippen molar-refractivity contribution in [3.63, 3.8) is 0 Å². The van der Waals surface area contributed by atoms with Crippen LogP contribution in [0.15, 0.2) is 69.6 Å². The third-order valence-corrected chi connectivity index (χ3v) is 6.26. The lowest BCUT2D eigenvalue weighted by molar-refractivity contribution is -0.136. The molecule has 2 aromatic carbocycles. The first kappa shape index (κ1) is 23.2. The number of esters is 2. The summed E-state index contributed by atoms with van der Waals surface area (Å²) in [6.07, 6.45) is 1.71. The van der Waals surface area contributed by atoms with E-state index < -0.39 is 18.0 Å². The Labute approximate surface area is 199 Å². The molecule has 0 radical (unpaired) electrons. The Morgan fingerprint density at radius 3 is 2.47 bits per heavy atom. The molecule has 0 aliphatic carbocycles. The Kier molecular flexibility index (Phi) is 6.47. The van der Waals surface area contributed by atoms with Gasteiger partial charge < -0.3 is 14.2 Å². The van der Waals surface area contributed by atoms with Crippen molar-refractivity contribution in [3.8, 4) is 11.5 Å². The molecule has 1 aliphatic heterocycles. The topological polar surface area (TPSA) is 96.2 Å². The summed E-state index contributed by atoms with van der Waals surface area (Å²) in [4.78, 5) is 42.5. The van der Waals surface area contributed by atoms with Crippen LogP contribution in [-0.2, 0) is 14.3 Å². The fourth-order valence-corrected chi connectivity index (χ4v) is 4.85. The average Bonchev–Trinajstić information content (AvgIpc) is 3.13. The number of rotatable bonds is 5. The second kappa shape index (κ2) is 9.48. The molecule has 34 heavy (non-hydrogen) atoms. The van der Waals surface area contributed by atoms with E-state index in [4.69, 9.17) is 14.2 Å². The van der Waals surface area contributed by atoms with Gasteiger partial charge in [0, 0.05) is 6.92 Å². The third-order valence-electron chi connectivity index (χ3n) is 5.28. The van der Waals surface area contributed by atoms with Gasteiger partial charge in [-0.2, -0.15) is 0 Å². The van der Waals surface area contributed by atoms with Crippen molar-refractivity contribution in [3.05, 3.63) is 90.6 Å². The second-order valence-electron chi connectivity index (χ2n) is 7.49. The van der Waals surface area contributed by atoms with E-state index in [1.165, 1.54) is 37.0 Å². The van der Waals surface area contributed by atoms with Crippen molar-refractivity contribution >= 4 is 29.4 Å². The molecule has 1 aliphatic rings. The highest BCUT2D eigenvalue weighted by Gasteiger charge is 2.32. The van der Waals surface area contributed by atoms with E-state index in [-0.39, 0.29) is 11.3 Å². The highest BCUT2D eigenvalue weighted by molar-refractivity contribution is 7.07. The van der Waals surface area contributed by atoms with Crippen LogP contribution in [0.2, 0.25) is 0 Å². The van der Waals surface area contributed by atoms with Crippen LogP contribution in [0.1, 0.15) is 31.0 Å². The molecule has 0 fully saturated rings. The molecular weight excluding hydrogens is 456 g/mol. The zero-order valence-corrected chi connectivity index (χ0v) is 19.8. The monoisotopic (exact) mass is 478 g/mol. The number of fused-ring (bicyclic) bond motifs is 1. The minimum absolute atomic E-state index is 0.283. The molecule has 4 rings (SSSR count). The van der Waals surface area contributed by atoms with Crippen molar-refractivity contribution in [2.75, 3.05) is 14.2 Å². The summed E-state index contributed by atoms with van der Waals surface area (Å²) < 4.78 is 17.4. The molecule has 0 saturated heterocycles. The quantitative estimate of drug-likeness (QED) is 0.413. The van der Waals surface area contributed by atoms with Crippen molar-refractivity contribution in [1.82, 2.24) is 4.57 Å². The minimum atomic E-state index is -0.659. The smallest absolute Gasteiger partial charge is 0.338 e. The lowest BCUT2D eigenvalue weighted by atomic mass is 9.96. The fourth-order valence-electron chi connectivity index (χ4n) is 3.81. The van der Waals surface area contributed by atoms with E-state index in [1.807, 2.05) is 30.3 Å². The Morgan fingerprint density at radius 1 is 1.09 bits per heavy atom.